The Balaban J connectivity index is 1.45. The van der Waals surface area contributed by atoms with Gasteiger partial charge in [0, 0.05) is 19.0 Å². The molecule has 1 aromatic carbocycles. The molecule has 1 unspecified atom stereocenters. The molecule has 1 aromatic rings. The van der Waals surface area contributed by atoms with Gasteiger partial charge in [-0.05, 0) is 61.3 Å². The standard InChI is InChI=1S/C23H32N2O6/c26-13-20(14-27)24-22(28)19-3-1-17(2-4-19)18-5-7-21(8-6-18)31-15-16-9-11-25(12-10-16)23(29)30/h1,5-8,16,19-20,26-27H,2-4,9-15H2,(H,24,28)(H,29,30). The smallest absolute Gasteiger partial charge is 0.407 e. The van der Waals surface area contributed by atoms with Crippen LogP contribution >= 0.6 is 0 Å². The lowest BCUT2D eigenvalue weighted by Gasteiger charge is -2.29. The second-order valence-corrected chi connectivity index (χ2v) is 8.32. The Morgan fingerprint density at radius 2 is 1.77 bits per heavy atom. The lowest BCUT2D eigenvalue weighted by Crippen LogP contribution is -2.43. The van der Waals surface area contributed by atoms with Gasteiger partial charge in [0.1, 0.15) is 5.75 Å². The largest absolute Gasteiger partial charge is 0.493 e. The zero-order valence-electron chi connectivity index (χ0n) is 17.7. The first-order valence-corrected chi connectivity index (χ1v) is 10.9. The van der Waals surface area contributed by atoms with E-state index in [1.807, 2.05) is 24.3 Å². The number of nitrogens with zero attached hydrogens (tertiary/aromatic N) is 1. The second-order valence-electron chi connectivity index (χ2n) is 8.32. The topological polar surface area (TPSA) is 119 Å². The lowest BCUT2D eigenvalue weighted by molar-refractivity contribution is -0.126. The number of allylic oxidation sites excluding steroid dienone is 2. The van der Waals surface area contributed by atoms with Crippen molar-refractivity contribution >= 4 is 17.6 Å². The first kappa shape index (κ1) is 23.1. The number of carbonyl (C=O) groups excluding carboxylic acids is 1. The van der Waals surface area contributed by atoms with Crippen molar-refractivity contribution in [2.45, 2.75) is 38.1 Å². The van der Waals surface area contributed by atoms with Crippen LogP contribution in [0.3, 0.4) is 0 Å². The van der Waals surface area contributed by atoms with E-state index in [2.05, 4.69) is 11.4 Å². The van der Waals surface area contributed by atoms with Crippen molar-refractivity contribution in [1.29, 1.82) is 0 Å². The number of piperidine rings is 1. The van der Waals surface area contributed by atoms with Crippen molar-refractivity contribution in [3.63, 3.8) is 0 Å². The highest BCUT2D eigenvalue weighted by atomic mass is 16.5. The Kier molecular flexibility index (Phi) is 8.31. The molecule has 0 spiro atoms. The van der Waals surface area contributed by atoms with Gasteiger partial charge in [-0.2, -0.15) is 0 Å². The molecule has 170 valence electrons. The van der Waals surface area contributed by atoms with Gasteiger partial charge >= 0.3 is 6.09 Å². The number of carboxylic acid groups (broad SMARTS) is 1. The van der Waals surface area contributed by atoms with Gasteiger partial charge in [0.25, 0.3) is 0 Å². The molecule has 3 rings (SSSR count). The molecular weight excluding hydrogens is 400 g/mol. The van der Waals surface area contributed by atoms with Crippen molar-refractivity contribution < 1.29 is 29.6 Å². The van der Waals surface area contributed by atoms with E-state index in [-0.39, 0.29) is 25.0 Å². The SMILES string of the molecule is O=C(NC(CO)CO)C1CC=C(c2ccc(OCC3CCN(C(=O)O)CC3)cc2)CC1. The summed E-state index contributed by atoms with van der Waals surface area (Å²) in [6.45, 7) is 1.18. The first-order chi connectivity index (χ1) is 15.0. The summed E-state index contributed by atoms with van der Waals surface area (Å²) in [5.74, 6) is 0.911. The quantitative estimate of drug-likeness (QED) is 0.500. The molecule has 1 heterocycles. The van der Waals surface area contributed by atoms with E-state index in [4.69, 9.17) is 20.1 Å². The predicted octanol–water partition coefficient (Wildman–Crippen LogP) is 2.11. The fourth-order valence-electron chi connectivity index (χ4n) is 4.07. The molecule has 1 aliphatic heterocycles. The summed E-state index contributed by atoms with van der Waals surface area (Å²) in [7, 11) is 0. The van der Waals surface area contributed by atoms with Crippen LogP contribution in [0.5, 0.6) is 5.75 Å². The van der Waals surface area contributed by atoms with E-state index in [1.165, 1.54) is 10.5 Å². The Labute approximate surface area is 182 Å². The number of nitrogens with one attached hydrogen (secondary N) is 1. The van der Waals surface area contributed by atoms with E-state index in [0.717, 1.165) is 37.0 Å². The highest BCUT2D eigenvalue weighted by Crippen LogP contribution is 2.31. The van der Waals surface area contributed by atoms with Crippen LogP contribution in [0.1, 0.15) is 37.7 Å². The molecule has 0 radical (unpaired) electrons. The van der Waals surface area contributed by atoms with E-state index < -0.39 is 12.1 Å². The number of aliphatic hydroxyl groups is 2. The average Bonchev–Trinajstić information content (AvgIpc) is 2.81. The van der Waals surface area contributed by atoms with Crippen LogP contribution in [0, 0.1) is 11.8 Å². The minimum atomic E-state index is -0.849. The number of rotatable bonds is 8. The Morgan fingerprint density at radius 1 is 1.10 bits per heavy atom. The molecular formula is C23H32N2O6. The van der Waals surface area contributed by atoms with Crippen LogP contribution in [-0.4, -0.2) is 71.2 Å². The highest BCUT2D eigenvalue weighted by Gasteiger charge is 2.24. The van der Waals surface area contributed by atoms with Gasteiger partial charge in [-0.1, -0.05) is 18.2 Å². The molecule has 2 amide bonds. The number of carbonyl (C=O) groups is 2. The van der Waals surface area contributed by atoms with Gasteiger partial charge in [0.05, 0.1) is 25.9 Å². The molecule has 0 saturated carbocycles. The molecule has 1 atom stereocenters. The van der Waals surface area contributed by atoms with Crippen molar-refractivity contribution in [2.75, 3.05) is 32.9 Å². The number of likely N-dealkylation sites (tertiary alicyclic amines) is 1. The monoisotopic (exact) mass is 432 g/mol. The van der Waals surface area contributed by atoms with Crippen LogP contribution in [0.2, 0.25) is 0 Å². The summed E-state index contributed by atoms with van der Waals surface area (Å²) in [6.07, 6.45) is 5.05. The van der Waals surface area contributed by atoms with Gasteiger partial charge < -0.3 is 30.3 Å². The number of benzene rings is 1. The number of aliphatic hydroxyl groups excluding tert-OH is 2. The zero-order chi connectivity index (χ0) is 22.2. The average molecular weight is 433 g/mol. The van der Waals surface area contributed by atoms with Crippen molar-refractivity contribution in [1.82, 2.24) is 10.2 Å². The molecule has 1 saturated heterocycles. The van der Waals surface area contributed by atoms with Crippen molar-refractivity contribution in [3.8, 4) is 5.75 Å². The molecule has 1 fully saturated rings. The molecule has 1 aliphatic carbocycles. The van der Waals surface area contributed by atoms with Crippen LogP contribution in [0.25, 0.3) is 5.57 Å². The van der Waals surface area contributed by atoms with Gasteiger partial charge in [0.15, 0.2) is 0 Å². The molecule has 4 N–H and O–H groups in total. The van der Waals surface area contributed by atoms with Crippen LogP contribution < -0.4 is 10.1 Å². The third kappa shape index (κ3) is 6.45. The number of hydrogen-bond donors (Lipinski definition) is 4. The molecule has 31 heavy (non-hydrogen) atoms. The van der Waals surface area contributed by atoms with E-state index in [1.54, 1.807) is 0 Å². The van der Waals surface area contributed by atoms with E-state index in [0.29, 0.717) is 32.0 Å². The summed E-state index contributed by atoms with van der Waals surface area (Å²) < 4.78 is 5.91. The Hall–Kier alpha value is -2.58. The summed E-state index contributed by atoms with van der Waals surface area (Å²) >= 11 is 0. The zero-order valence-corrected chi connectivity index (χ0v) is 17.7. The van der Waals surface area contributed by atoms with Crippen LogP contribution in [-0.2, 0) is 4.79 Å². The fraction of sp³-hybridized carbons (Fsp3) is 0.565. The summed E-state index contributed by atoms with van der Waals surface area (Å²) in [4.78, 5) is 24.7. The van der Waals surface area contributed by atoms with E-state index >= 15 is 0 Å². The number of hydrogen-bond acceptors (Lipinski definition) is 5. The maximum atomic E-state index is 12.3. The molecule has 8 nitrogen and oxygen atoms in total. The van der Waals surface area contributed by atoms with E-state index in [9.17, 15) is 9.59 Å². The van der Waals surface area contributed by atoms with Gasteiger partial charge in [0.2, 0.25) is 5.91 Å². The summed E-state index contributed by atoms with van der Waals surface area (Å²) in [6, 6.07) is 7.36. The summed E-state index contributed by atoms with van der Waals surface area (Å²) in [5.41, 5.74) is 2.32. The Morgan fingerprint density at radius 3 is 2.32 bits per heavy atom. The van der Waals surface area contributed by atoms with Gasteiger partial charge in [-0.25, -0.2) is 4.79 Å². The molecule has 8 heteroatoms. The highest BCUT2D eigenvalue weighted by molar-refractivity contribution is 5.81. The second kappa shape index (κ2) is 11.2. The third-order valence-corrected chi connectivity index (χ3v) is 6.16. The molecule has 2 aliphatic rings. The minimum absolute atomic E-state index is 0.124. The molecule has 0 bridgehead atoms. The number of ether oxygens (including phenoxy) is 1. The predicted molar refractivity (Wildman–Crippen MR) is 116 cm³/mol. The maximum Gasteiger partial charge on any atom is 0.407 e. The normalized spacial score (nSPS) is 19.8. The minimum Gasteiger partial charge on any atom is -0.493 e. The Bertz CT molecular complexity index is 767. The molecule has 0 aromatic heterocycles. The fourth-order valence-corrected chi connectivity index (χ4v) is 4.07. The van der Waals surface area contributed by atoms with Gasteiger partial charge in [-0.3, -0.25) is 4.79 Å². The van der Waals surface area contributed by atoms with Crippen molar-refractivity contribution in [3.05, 3.63) is 35.9 Å². The van der Waals surface area contributed by atoms with Crippen LogP contribution in [0.4, 0.5) is 4.79 Å². The number of amides is 2. The first-order valence-electron chi connectivity index (χ1n) is 10.9. The van der Waals surface area contributed by atoms with Gasteiger partial charge in [-0.15, -0.1) is 0 Å². The van der Waals surface area contributed by atoms with Crippen molar-refractivity contribution in [2.24, 2.45) is 11.8 Å². The van der Waals surface area contributed by atoms with Crippen LogP contribution in [0.15, 0.2) is 30.3 Å². The lowest BCUT2D eigenvalue weighted by atomic mass is 9.86. The summed E-state index contributed by atoms with van der Waals surface area (Å²) in [5, 5.41) is 29.9. The third-order valence-electron chi connectivity index (χ3n) is 6.16. The maximum absolute atomic E-state index is 12.3.